The number of piperidine rings is 1. The van der Waals surface area contributed by atoms with Crippen LogP contribution in [0, 0.1) is 6.92 Å². The first kappa shape index (κ1) is 23.2. The average Bonchev–Trinajstić information content (AvgIpc) is 3.54. The molecule has 3 heterocycles. The number of fused-ring (bicyclic) bond motifs is 2. The Morgan fingerprint density at radius 2 is 1.86 bits per heavy atom. The van der Waals surface area contributed by atoms with Gasteiger partial charge in [-0.2, -0.15) is 4.98 Å². The molecule has 1 aliphatic heterocycles. The second kappa shape index (κ2) is 10.0. The van der Waals surface area contributed by atoms with Crippen LogP contribution < -0.4 is 4.74 Å². The van der Waals surface area contributed by atoms with Crippen LogP contribution in [-0.4, -0.2) is 52.5 Å². The molecule has 7 heteroatoms. The average molecular weight is 500 g/mol. The minimum Gasteiger partial charge on any atom is -0.490 e. The van der Waals surface area contributed by atoms with Crippen molar-refractivity contribution in [2.24, 2.45) is 0 Å². The number of likely N-dealkylation sites (tertiary alicyclic amines) is 1. The third kappa shape index (κ3) is 4.74. The van der Waals surface area contributed by atoms with E-state index in [0.717, 1.165) is 46.6 Å². The van der Waals surface area contributed by atoms with Crippen molar-refractivity contribution in [1.29, 1.82) is 0 Å². The zero-order chi connectivity index (χ0) is 24.5. The van der Waals surface area contributed by atoms with E-state index in [-0.39, 0.29) is 6.61 Å². The summed E-state index contributed by atoms with van der Waals surface area (Å²) in [6, 6.07) is 23.3. The fraction of sp³-hybridized carbons (Fsp3) is 0.310. The van der Waals surface area contributed by atoms with Crippen molar-refractivity contribution in [2.45, 2.75) is 31.8 Å². The van der Waals surface area contributed by atoms with Crippen molar-refractivity contribution in [3.05, 3.63) is 78.1 Å². The van der Waals surface area contributed by atoms with Gasteiger partial charge in [0.05, 0.1) is 4.88 Å². The highest BCUT2D eigenvalue weighted by Crippen LogP contribution is 2.37. The highest BCUT2D eigenvalue weighted by molar-refractivity contribution is 7.22. The van der Waals surface area contributed by atoms with Crippen LogP contribution in [0.2, 0.25) is 0 Å². The van der Waals surface area contributed by atoms with E-state index in [2.05, 4.69) is 63.6 Å². The molecule has 0 amide bonds. The molecular formula is C29H29N3O3S. The summed E-state index contributed by atoms with van der Waals surface area (Å²) < 4.78 is 12.5. The van der Waals surface area contributed by atoms with Gasteiger partial charge in [0.25, 0.3) is 5.89 Å². The normalized spacial score (nSPS) is 16.1. The van der Waals surface area contributed by atoms with E-state index in [1.54, 1.807) is 11.3 Å². The Bertz CT molecular complexity index is 1480. The third-order valence-corrected chi connectivity index (χ3v) is 8.10. The van der Waals surface area contributed by atoms with Gasteiger partial charge in [0.2, 0.25) is 0 Å². The number of hydrogen-bond donors (Lipinski definition) is 1. The van der Waals surface area contributed by atoms with Crippen LogP contribution in [0.3, 0.4) is 0 Å². The molecule has 0 unspecified atom stereocenters. The van der Waals surface area contributed by atoms with Gasteiger partial charge in [0.15, 0.2) is 5.82 Å². The molecule has 1 saturated heterocycles. The van der Waals surface area contributed by atoms with Gasteiger partial charge < -0.3 is 19.3 Å². The lowest BCUT2D eigenvalue weighted by atomic mass is 9.86. The van der Waals surface area contributed by atoms with E-state index in [9.17, 15) is 5.11 Å². The summed E-state index contributed by atoms with van der Waals surface area (Å²) >= 11 is 1.59. The number of β-amino-alcohol motifs (C(OH)–C–C–N with tert-alkyl or cyclic N) is 1. The molecular weight excluding hydrogens is 470 g/mol. The SMILES string of the molecule is Cc1noc(-c2cc3c(OC[C@@H](O)CN4CCC(c5cccc6ccccc56)CC4)cccc3s2)n1. The van der Waals surface area contributed by atoms with Gasteiger partial charge in [-0.15, -0.1) is 11.3 Å². The number of aryl methyl sites for hydroxylation is 1. The number of rotatable bonds is 7. The first-order chi connectivity index (χ1) is 17.6. The predicted molar refractivity (Wildman–Crippen MR) is 144 cm³/mol. The number of aliphatic hydroxyl groups excluding tert-OH is 1. The van der Waals surface area contributed by atoms with E-state index in [1.165, 1.54) is 16.3 Å². The van der Waals surface area contributed by atoms with Crippen LogP contribution >= 0.6 is 11.3 Å². The fourth-order valence-electron chi connectivity index (χ4n) is 5.23. The number of thiophene rings is 1. The minimum absolute atomic E-state index is 0.257. The number of hydrogen-bond acceptors (Lipinski definition) is 7. The topological polar surface area (TPSA) is 71.6 Å². The molecule has 0 bridgehead atoms. The molecule has 0 aliphatic carbocycles. The molecule has 2 aromatic heterocycles. The summed E-state index contributed by atoms with van der Waals surface area (Å²) in [5.41, 5.74) is 1.45. The smallest absolute Gasteiger partial charge is 0.268 e. The first-order valence-corrected chi connectivity index (χ1v) is 13.3. The van der Waals surface area contributed by atoms with Gasteiger partial charge in [0.1, 0.15) is 18.5 Å². The Labute approximate surface area is 214 Å². The largest absolute Gasteiger partial charge is 0.490 e. The first-order valence-electron chi connectivity index (χ1n) is 12.5. The number of benzene rings is 3. The van der Waals surface area contributed by atoms with Gasteiger partial charge >= 0.3 is 0 Å². The molecule has 0 radical (unpaired) electrons. The highest BCUT2D eigenvalue weighted by Gasteiger charge is 2.23. The van der Waals surface area contributed by atoms with Crippen molar-refractivity contribution in [2.75, 3.05) is 26.2 Å². The molecule has 1 atom stereocenters. The van der Waals surface area contributed by atoms with Crippen LogP contribution in [0.25, 0.3) is 31.6 Å². The van der Waals surface area contributed by atoms with Crippen molar-refractivity contribution in [3.63, 3.8) is 0 Å². The summed E-state index contributed by atoms with van der Waals surface area (Å²) in [5, 5.41) is 18.3. The van der Waals surface area contributed by atoms with Crippen LogP contribution in [-0.2, 0) is 0 Å². The van der Waals surface area contributed by atoms with Crippen molar-refractivity contribution >= 4 is 32.2 Å². The van der Waals surface area contributed by atoms with Crippen LogP contribution in [0.1, 0.15) is 30.1 Å². The van der Waals surface area contributed by atoms with Crippen molar-refractivity contribution in [3.8, 4) is 16.5 Å². The van der Waals surface area contributed by atoms with Crippen LogP contribution in [0.5, 0.6) is 5.75 Å². The van der Waals surface area contributed by atoms with E-state index in [4.69, 9.17) is 9.26 Å². The Kier molecular flexibility index (Phi) is 6.44. The molecule has 1 N–H and O–H groups in total. The standard InChI is InChI=1S/C29H29N3O3S/c1-19-30-29(35-31-19)28-16-25-26(10-5-11-27(25)36-28)34-18-22(33)17-32-14-12-21(13-15-32)24-9-4-7-20-6-2-3-8-23(20)24/h2-11,16,21-22,33H,12-15,17-18H2,1H3/t22-/m0/s1. The summed E-state index contributed by atoms with van der Waals surface area (Å²) in [6.45, 7) is 4.65. The second-order valence-electron chi connectivity index (χ2n) is 9.53. The van der Waals surface area contributed by atoms with Gasteiger partial charge in [-0.05, 0) is 73.3 Å². The monoisotopic (exact) mass is 499 g/mol. The summed E-state index contributed by atoms with van der Waals surface area (Å²) in [6.07, 6.45) is 1.66. The maximum absolute atomic E-state index is 10.7. The Morgan fingerprint density at radius 1 is 1.06 bits per heavy atom. The maximum atomic E-state index is 10.7. The van der Waals surface area contributed by atoms with Gasteiger partial charge in [0, 0.05) is 16.6 Å². The van der Waals surface area contributed by atoms with Crippen molar-refractivity contribution < 1.29 is 14.4 Å². The van der Waals surface area contributed by atoms with E-state index < -0.39 is 6.10 Å². The molecule has 3 aromatic carbocycles. The highest BCUT2D eigenvalue weighted by atomic mass is 32.1. The van der Waals surface area contributed by atoms with Gasteiger partial charge in [-0.25, -0.2) is 0 Å². The number of ether oxygens (including phenoxy) is 1. The Morgan fingerprint density at radius 3 is 2.69 bits per heavy atom. The van der Waals surface area contributed by atoms with Crippen LogP contribution in [0.15, 0.2) is 71.3 Å². The summed E-state index contributed by atoms with van der Waals surface area (Å²) in [5.74, 6) is 2.46. The van der Waals surface area contributed by atoms with Crippen LogP contribution in [0.4, 0.5) is 0 Å². The quantitative estimate of drug-likeness (QED) is 0.295. The fourth-order valence-corrected chi connectivity index (χ4v) is 6.23. The Hall–Kier alpha value is -3.26. The van der Waals surface area contributed by atoms with Gasteiger partial charge in [-0.1, -0.05) is 53.7 Å². The molecule has 6 rings (SSSR count). The zero-order valence-electron chi connectivity index (χ0n) is 20.3. The molecule has 5 aromatic rings. The van der Waals surface area contributed by atoms with E-state index in [1.807, 2.05) is 25.1 Å². The molecule has 6 nitrogen and oxygen atoms in total. The molecule has 0 saturated carbocycles. The molecule has 0 spiro atoms. The molecule has 1 fully saturated rings. The van der Waals surface area contributed by atoms with Crippen molar-refractivity contribution in [1.82, 2.24) is 15.0 Å². The minimum atomic E-state index is -0.550. The second-order valence-corrected chi connectivity index (χ2v) is 10.6. The number of aliphatic hydroxyl groups is 1. The lowest BCUT2D eigenvalue weighted by Gasteiger charge is -2.33. The lowest BCUT2D eigenvalue weighted by molar-refractivity contribution is 0.0600. The molecule has 1 aliphatic rings. The number of aromatic nitrogens is 2. The summed E-state index contributed by atoms with van der Waals surface area (Å²) in [4.78, 5) is 7.60. The number of nitrogens with zero attached hydrogens (tertiary/aromatic N) is 3. The maximum Gasteiger partial charge on any atom is 0.268 e. The van der Waals surface area contributed by atoms with Gasteiger partial charge in [-0.3, -0.25) is 0 Å². The summed E-state index contributed by atoms with van der Waals surface area (Å²) in [7, 11) is 0. The predicted octanol–water partition coefficient (Wildman–Crippen LogP) is 6.03. The zero-order valence-corrected chi connectivity index (χ0v) is 21.1. The third-order valence-electron chi connectivity index (χ3n) is 7.01. The Balaban J connectivity index is 1.06. The lowest BCUT2D eigenvalue weighted by Crippen LogP contribution is -2.40. The van der Waals surface area contributed by atoms with E-state index >= 15 is 0 Å². The van der Waals surface area contributed by atoms with E-state index in [0.29, 0.717) is 24.2 Å². The molecule has 36 heavy (non-hydrogen) atoms. The molecule has 184 valence electrons.